The zero-order valence-corrected chi connectivity index (χ0v) is 12.7. The molecule has 0 amide bonds. The standard InChI is InChI=1S/C15H19N5O2/c1-10-16-15(22-18-10)19-7-3-5-12(19)9-20-14(21)8-11-4-2-6-13(11)17-20/h8,12H,2-7,9H2,1H3. The minimum absolute atomic E-state index is 0.00536. The van der Waals surface area contributed by atoms with Crippen LogP contribution in [0.1, 0.15) is 36.3 Å². The van der Waals surface area contributed by atoms with Crippen LogP contribution in [-0.2, 0) is 19.4 Å². The van der Waals surface area contributed by atoms with Crippen molar-refractivity contribution in [2.24, 2.45) is 0 Å². The number of aryl methyl sites for hydroxylation is 3. The first-order chi connectivity index (χ1) is 10.7. The van der Waals surface area contributed by atoms with Gasteiger partial charge in [0.25, 0.3) is 5.56 Å². The average Bonchev–Trinajstić information content (AvgIpc) is 3.20. The number of hydrogen-bond donors (Lipinski definition) is 0. The third-order valence-electron chi connectivity index (χ3n) is 4.55. The normalized spacial score (nSPS) is 20.6. The van der Waals surface area contributed by atoms with E-state index in [0.717, 1.165) is 49.9 Å². The van der Waals surface area contributed by atoms with Crippen molar-refractivity contribution in [1.82, 2.24) is 19.9 Å². The van der Waals surface area contributed by atoms with Gasteiger partial charge in [-0.25, -0.2) is 4.68 Å². The first-order valence-corrected chi connectivity index (χ1v) is 7.87. The van der Waals surface area contributed by atoms with Gasteiger partial charge in [-0.1, -0.05) is 5.16 Å². The molecule has 1 aliphatic heterocycles. The molecule has 2 aromatic heterocycles. The number of hydrogen-bond acceptors (Lipinski definition) is 6. The Morgan fingerprint density at radius 2 is 2.27 bits per heavy atom. The van der Waals surface area contributed by atoms with E-state index in [-0.39, 0.29) is 11.6 Å². The first kappa shape index (κ1) is 13.5. The maximum atomic E-state index is 12.2. The molecule has 0 bridgehead atoms. The van der Waals surface area contributed by atoms with E-state index in [1.807, 2.05) is 6.92 Å². The Labute approximate surface area is 127 Å². The van der Waals surface area contributed by atoms with Gasteiger partial charge in [-0.15, -0.1) is 0 Å². The topological polar surface area (TPSA) is 77.0 Å². The van der Waals surface area contributed by atoms with Crippen molar-refractivity contribution in [3.63, 3.8) is 0 Å². The maximum Gasteiger partial charge on any atom is 0.324 e. The van der Waals surface area contributed by atoms with Crippen LogP contribution in [-0.4, -0.2) is 32.5 Å². The van der Waals surface area contributed by atoms with Gasteiger partial charge in [-0.05, 0) is 44.6 Å². The fourth-order valence-electron chi connectivity index (χ4n) is 3.45. The summed E-state index contributed by atoms with van der Waals surface area (Å²) in [6.45, 7) is 3.27. The predicted molar refractivity (Wildman–Crippen MR) is 79.9 cm³/mol. The van der Waals surface area contributed by atoms with Crippen LogP contribution in [0.5, 0.6) is 0 Å². The molecular formula is C15H19N5O2. The highest BCUT2D eigenvalue weighted by Crippen LogP contribution is 2.25. The summed E-state index contributed by atoms with van der Waals surface area (Å²) in [5.74, 6) is 0.633. The molecule has 2 aromatic rings. The highest BCUT2D eigenvalue weighted by Gasteiger charge is 2.29. The number of rotatable bonds is 3. The van der Waals surface area contributed by atoms with Gasteiger partial charge in [-0.3, -0.25) is 4.79 Å². The molecular weight excluding hydrogens is 282 g/mol. The van der Waals surface area contributed by atoms with Crippen LogP contribution >= 0.6 is 0 Å². The Balaban J connectivity index is 1.59. The molecule has 7 nitrogen and oxygen atoms in total. The second kappa shape index (κ2) is 5.23. The van der Waals surface area contributed by atoms with Gasteiger partial charge in [0.2, 0.25) is 0 Å². The van der Waals surface area contributed by atoms with Gasteiger partial charge in [0.1, 0.15) is 0 Å². The lowest BCUT2D eigenvalue weighted by Gasteiger charge is -2.22. The zero-order valence-electron chi connectivity index (χ0n) is 12.7. The van der Waals surface area contributed by atoms with E-state index in [0.29, 0.717) is 18.4 Å². The molecule has 0 aromatic carbocycles. The average molecular weight is 301 g/mol. The van der Waals surface area contributed by atoms with Crippen LogP contribution in [0.15, 0.2) is 15.4 Å². The van der Waals surface area contributed by atoms with Crippen LogP contribution in [0.25, 0.3) is 0 Å². The summed E-state index contributed by atoms with van der Waals surface area (Å²) < 4.78 is 6.88. The maximum absolute atomic E-state index is 12.2. The third kappa shape index (κ3) is 2.30. The van der Waals surface area contributed by atoms with Crippen molar-refractivity contribution in [2.45, 2.75) is 51.6 Å². The summed E-state index contributed by atoms with van der Waals surface area (Å²) in [6, 6.07) is 2.49. The molecule has 116 valence electrons. The fraction of sp³-hybridized carbons (Fsp3) is 0.600. The third-order valence-corrected chi connectivity index (χ3v) is 4.55. The predicted octanol–water partition coefficient (Wildman–Crippen LogP) is 1.09. The summed E-state index contributed by atoms with van der Waals surface area (Å²) in [6.07, 6.45) is 5.13. The second-order valence-electron chi connectivity index (χ2n) is 6.10. The minimum Gasteiger partial charge on any atom is -0.320 e. The molecule has 2 aliphatic rings. The summed E-state index contributed by atoms with van der Waals surface area (Å²) in [5.41, 5.74) is 2.20. The van der Waals surface area contributed by atoms with Gasteiger partial charge in [0.15, 0.2) is 5.82 Å². The summed E-state index contributed by atoms with van der Waals surface area (Å²) >= 11 is 0. The highest BCUT2D eigenvalue weighted by atomic mass is 16.5. The van der Waals surface area contributed by atoms with Crippen LogP contribution in [0.4, 0.5) is 6.01 Å². The molecule has 1 unspecified atom stereocenters. The van der Waals surface area contributed by atoms with Crippen LogP contribution < -0.4 is 10.5 Å². The van der Waals surface area contributed by atoms with Crippen molar-refractivity contribution in [3.05, 3.63) is 33.5 Å². The molecule has 0 radical (unpaired) electrons. The minimum atomic E-state index is -0.00536. The van der Waals surface area contributed by atoms with E-state index in [1.165, 1.54) is 0 Å². The van der Waals surface area contributed by atoms with Gasteiger partial charge >= 0.3 is 6.01 Å². The smallest absolute Gasteiger partial charge is 0.320 e. The molecule has 0 saturated carbocycles. The number of aromatic nitrogens is 4. The van der Waals surface area contributed by atoms with Crippen LogP contribution in [0, 0.1) is 6.92 Å². The fourth-order valence-corrected chi connectivity index (χ4v) is 3.45. The molecule has 7 heteroatoms. The molecule has 3 heterocycles. The van der Waals surface area contributed by atoms with E-state index in [2.05, 4.69) is 20.1 Å². The van der Waals surface area contributed by atoms with E-state index < -0.39 is 0 Å². The highest BCUT2D eigenvalue weighted by molar-refractivity contribution is 5.29. The van der Waals surface area contributed by atoms with Crippen molar-refractivity contribution in [1.29, 1.82) is 0 Å². The molecule has 22 heavy (non-hydrogen) atoms. The van der Waals surface area contributed by atoms with Gasteiger partial charge in [0, 0.05) is 12.6 Å². The zero-order chi connectivity index (χ0) is 15.1. The van der Waals surface area contributed by atoms with E-state index in [9.17, 15) is 4.79 Å². The first-order valence-electron chi connectivity index (χ1n) is 7.87. The monoisotopic (exact) mass is 301 g/mol. The van der Waals surface area contributed by atoms with Gasteiger partial charge in [0.05, 0.1) is 18.3 Å². The molecule has 4 rings (SSSR count). The van der Waals surface area contributed by atoms with Crippen molar-refractivity contribution in [3.8, 4) is 0 Å². The van der Waals surface area contributed by atoms with Gasteiger partial charge in [-0.2, -0.15) is 10.1 Å². The summed E-state index contributed by atoms with van der Waals surface area (Å²) in [4.78, 5) is 18.6. The molecule has 0 N–H and O–H groups in total. The van der Waals surface area contributed by atoms with Crippen LogP contribution in [0.2, 0.25) is 0 Å². The van der Waals surface area contributed by atoms with Crippen molar-refractivity contribution in [2.75, 3.05) is 11.4 Å². The largest absolute Gasteiger partial charge is 0.324 e. The lowest BCUT2D eigenvalue weighted by Crippen LogP contribution is -2.37. The van der Waals surface area contributed by atoms with Crippen LogP contribution in [0.3, 0.4) is 0 Å². The molecule has 1 aliphatic carbocycles. The summed E-state index contributed by atoms with van der Waals surface area (Å²) in [5, 5.41) is 8.42. The second-order valence-corrected chi connectivity index (χ2v) is 6.10. The quantitative estimate of drug-likeness (QED) is 0.844. The summed E-state index contributed by atoms with van der Waals surface area (Å²) in [7, 11) is 0. The molecule has 0 spiro atoms. The van der Waals surface area contributed by atoms with E-state index in [4.69, 9.17) is 4.52 Å². The van der Waals surface area contributed by atoms with Crippen molar-refractivity contribution >= 4 is 6.01 Å². The Bertz CT molecular complexity index is 751. The lowest BCUT2D eigenvalue weighted by molar-refractivity contribution is 0.393. The van der Waals surface area contributed by atoms with Gasteiger partial charge < -0.3 is 9.42 Å². The molecule has 1 saturated heterocycles. The molecule has 1 fully saturated rings. The Morgan fingerprint density at radius 3 is 3.09 bits per heavy atom. The molecule has 1 atom stereocenters. The van der Waals surface area contributed by atoms with E-state index in [1.54, 1.807) is 10.7 Å². The Morgan fingerprint density at radius 1 is 1.36 bits per heavy atom. The lowest BCUT2D eigenvalue weighted by atomic mass is 10.2. The number of anilines is 1. The van der Waals surface area contributed by atoms with E-state index >= 15 is 0 Å². The van der Waals surface area contributed by atoms with Crippen molar-refractivity contribution < 1.29 is 4.52 Å². The Hall–Kier alpha value is -2.18. The Kier molecular flexibility index (Phi) is 3.20. The number of fused-ring (bicyclic) bond motifs is 1. The SMILES string of the molecule is Cc1noc(N2CCCC2Cn2nc3c(cc2=O)CCC3)n1. The number of nitrogens with zero attached hydrogens (tertiary/aromatic N) is 5.